The Hall–Kier alpha value is -1.57. The molecule has 0 amide bonds. The van der Waals surface area contributed by atoms with Crippen molar-refractivity contribution in [1.29, 1.82) is 0 Å². The predicted octanol–water partition coefficient (Wildman–Crippen LogP) is 2.56. The Morgan fingerprint density at radius 3 is 2.58 bits per heavy atom. The molecule has 0 radical (unpaired) electrons. The Kier molecular flexibility index (Phi) is 5.89. The van der Waals surface area contributed by atoms with E-state index in [2.05, 4.69) is 0 Å². The maximum atomic E-state index is 12.1. The van der Waals surface area contributed by atoms with Crippen LogP contribution in [0.2, 0.25) is 0 Å². The molecule has 6 nitrogen and oxygen atoms in total. The highest BCUT2D eigenvalue weighted by molar-refractivity contribution is 8.14. The molecule has 1 fully saturated rings. The highest BCUT2D eigenvalue weighted by Gasteiger charge is 2.49. The van der Waals surface area contributed by atoms with Gasteiger partial charge in [-0.2, -0.15) is 0 Å². The minimum absolute atomic E-state index is 0.0351. The maximum Gasteiger partial charge on any atom is 0.161 e. The van der Waals surface area contributed by atoms with E-state index in [1.54, 1.807) is 25.8 Å². The number of amidine groups is 1. The van der Waals surface area contributed by atoms with Crippen LogP contribution < -0.4 is 4.74 Å². The van der Waals surface area contributed by atoms with E-state index in [1.165, 1.54) is 0 Å². The molecule has 0 aliphatic carbocycles. The smallest absolute Gasteiger partial charge is 0.161 e. The largest absolute Gasteiger partial charge is 0.497 e. The molecule has 1 aromatic carbocycles. The molecule has 5 atom stereocenters. The number of fused-ring (bicyclic) bond motifs is 1. The van der Waals surface area contributed by atoms with Gasteiger partial charge in [0, 0.05) is 20.0 Å². The molecule has 142 valence electrons. The maximum absolute atomic E-state index is 12.1. The van der Waals surface area contributed by atoms with Gasteiger partial charge >= 0.3 is 0 Å². The zero-order valence-electron chi connectivity index (χ0n) is 15.8. The average Bonchev–Trinajstić information content (AvgIpc) is 3.05. The highest BCUT2D eigenvalue weighted by atomic mass is 32.2. The first-order valence-corrected chi connectivity index (χ1v) is 9.61. The number of ether oxygens (including phenoxy) is 3. The number of hydrogen-bond acceptors (Lipinski definition) is 7. The summed E-state index contributed by atoms with van der Waals surface area (Å²) in [6, 6.07) is 7.70. The highest BCUT2D eigenvalue weighted by Crippen LogP contribution is 2.40. The minimum Gasteiger partial charge on any atom is -0.497 e. The number of carbonyl (C=O) groups excluding carboxylic acids is 1. The second kappa shape index (κ2) is 7.98. The number of Topliss-reactive ketones (excluding diaryl/α,β-unsaturated/α-hetero) is 1. The number of nitrogens with zero attached hydrogens (tertiary/aromatic N) is 2. The summed E-state index contributed by atoms with van der Waals surface area (Å²) in [7, 11) is 5.57. The second-order valence-electron chi connectivity index (χ2n) is 6.93. The molecule has 0 saturated carbocycles. The van der Waals surface area contributed by atoms with E-state index in [1.807, 2.05) is 50.2 Å². The Labute approximate surface area is 158 Å². The summed E-state index contributed by atoms with van der Waals surface area (Å²) in [6.07, 6.45) is -0.629. The topological polar surface area (TPSA) is 60.4 Å². The first-order chi connectivity index (χ1) is 12.4. The zero-order valence-corrected chi connectivity index (χ0v) is 16.7. The van der Waals surface area contributed by atoms with Crippen molar-refractivity contribution in [3.8, 4) is 5.75 Å². The van der Waals surface area contributed by atoms with Crippen LogP contribution in [0.15, 0.2) is 29.3 Å². The van der Waals surface area contributed by atoms with Crippen molar-refractivity contribution in [2.75, 3.05) is 21.2 Å². The summed E-state index contributed by atoms with van der Waals surface area (Å²) in [4.78, 5) is 18.8. The van der Waals surface area contributed by atoms with Gasteiger partial charge < -0.3 is 19.1 Å². The molecule has 7 heteroatoms. The van der Waals surface area contributed by atoms with Gasteiger partial charge in [0.15, 0.2) is 11.0 Å². The zero-order chi connectivity index (χ0) is 18.8. The van der Waals surface area contributed by atoms with E-state index in [4.69, 9.17) is 19.2 Å². The van der Waals surface area contributed by atoms with Crippen LogP contribution in [0.1, 0.15) is 19.4 Å². The van der Waals surface area contributed by atoms with Crippen LogP contribution in [-0.2, 0) is 20.9 Å². The van der Waals surface area contributed by atoms with E-state index < -0.39 is 6.10 Å². The Balaban J connectivity index is 1.76. The van der Waals surface area contributed by atoms with E-state index in [-0.39, 0.29) is 29.3 Å². The van der Waals surface area contributed by atoms with E-state index in [0.717, 1.165) is 16.5 Å². The summed E-state index contributed by atoms with van der Waals surface area (Å²) in [5, 5.41) is 0.912. The molecule has 1 saturated heterocycles. The van der Waals surface area contributed by atoms with Gasteiger partial charge in [-0.15, -0.1) is 0 Å². The van der Waals surface area contributed by atoms with Crippen LogP contribution in [0, 0.1) is 5.92 Å². The summed E-state index contributed by atoms with van der Waals surface area (Å²) >= 11 is 1.56. The van der Waals surface area contributed by atoms with Gasteiger partial charge in [-0.25, -0.2) is 0 Å². The van der Waals surface area contributed by atoms with Gasteiger partial charge in [0.1, 0.15) is 23.3 Å². The molecular formula is C19H26N2O4S. The molecule has 1 aromatic rings. The monoisotopic (exact) mass is 378 g/mol. The summed E-state index contributed by atoms with van der Waals surface area (Å²) in [6.45, 7) is 4.05. The van der Waals surface area contributed by atoms with Crippen LogP contribution >= 0.6 is 11.8 Å². The Morgan fingerprint density at radius 2 is 2.00 bits per heavy atom. The molecule has 26 heavy (non-hydrogen) atoms. The third-order valence-corrected chi connectivity index (χ3v) is 6.06. The van der Waals surface area contributed by atoms with Gasteiger partial charge in [0.2, 0.25) is 0 Å². The number of thioether (sulfide) groups is 1. The van der Waals surface area contributed by atoms with Crippen molar-refractivity contribution in [3.63, 3.8) is 0 Å². The average molecular weight is 378 g/mol. The fraction of sp³-hybridized carbons (Fsp3) is 0.579. The minimum atomic E-state index is -0.457. The van der Waals surface area contributed by atoms with Crippen LogP contribution in [0.4, 0.5) is 0 Å². The molecule has 0 aromatic heterocycles. The summed E-state index contributed by atoms with van der Waals surface area (Å²) < 4.78 is 17.5. The number of benzene rings is 1. The van der Waals surface area contributed by atoms with Crippen LogP contribution in [0.25, 0.3) is 0 Å². The number of ketones is 1. The lowest BCUT2D eigenvalue weighted by Gasteiger charge is -2.40. The van der Waals surface area contributed by atoms with E-state index >= 15 is 0 Å². The molecular weight excluding hydrogens is 352 g/mol. The first kappa shape index (κ1) is 19.2. The number of methoxy groups -OCH3 is 1. The number of rotatable bonds is 5. The lowest BCUT2D eigenvalue weighted by Crippen LogP contribution is -2.53. The number of aliphatic imine (C=N–C) groups is 1. The summed E-state index contributed by atoms with van der Waals surface area (Å²) in [5.74, 6) is 0.795. The normalized spacial score (nSPS) is 30.5. The van der Waals surface area contributed by atoms with Crippen molar-refractivity contribution < 1.29 is 19.0 Å². The SMILES string of the molecule is COc1ccc(CO[C@H]2[C@H](C)[C@@H](C(C)=O)O[C@@H]3SC(N(C)C)=N[C@H]23)cc1. The Bertz CT molecular complexity index is 677. The van der Waals surface area contributed by atoms with Crippen molar-refractivity contribution in [1.82, 2.24) is 4.90 Å². The van der Waals surface area contributed by atoms with E-state index in [0.29, 0.717) is 6.61 Å². The predicted molar refractivity (Wildman–Crippen MR) is 103 cm³/mol. The fourth-order valence-corrected chi connectivity index (χ4v) is 4.46. The van der Waals surface area contributed by atoms with Gasteiger partial charge in [0.25, 0.3) is 0 Å². The van der Waals surface area contributed by atoms with Crippen molar-refractivity contribution >= 4 is 22.7 Å². The molecule has 0 spiro atoms. The van der Waals surface area contributed by atoms with Crippen LogP contribution in [0.3, 0.4) is 0 Å². The van der Waals surface area contributed by atoms with Crippen LogP contribution in [0.5, 0.6) is 5.75 Å². The Morgan fingerprint density at radius 1 is 1.31 bits per heavy atom. The lowest BCUT2D eigenvalue weighted by atomic mass is 9.88. The molecule has 0 bridgehead atoms. The molecule has 3 rings (SSSR count). The van der Waals surface area contributed by atoms with Crippen LogP contribution in [-0.4, -0.2) is 60.7 Å². The van der Waals surface area contributed by atoms with Crippen molar-refractivity contribution in [3.05, 3.63) is 29.8 Å². The molecule has 0 unspecified atom stereocenters. The molecule has 2 heterocycles. The van der Waals surface area contributed by atoms with E-state index in [9.17, 15) is 4.79 Å². The fourth-order valence-electron chi connectivity index (χ4n) is 3.33. The second-order valence-corrected chi connectivity index (χ2v) is 8.00. The van der Waals surface area contributed by atoms with Gasteiger partial charge in [0.05, 0.1) is 19.8 Å². The number of hydrogen-bond donors (Lipinski definition) is 0. The third kappa shape index (κ3) is 3.89. The third-order valence-electron chi connectivity index (χ3n) is 4.76. The van der Waals surface area contributed by atoms with Crippen molar-refractivity contribution in [2.24, 2.45) is 10.9 Å². The van der Waals surface area contributed by atoms with Gasteiger partial charge in [-0.3, -0.25) is 9.79 Å². The quantitative estimate of drug-likeness (QED) is 0.785. The molecule has 2 aliphatic heterocycles. The lowest BCUT2D eigenvalue weighted by molar-refractivity contribution is -0.158. The standard InChI is InChI=1S/C19H26N2O4S/c1-11-16(12(2)22)25-18-15(20-19(26-18)21(3)4)17(11)24-10-13-6-8-14(23-5)9-7-13/h6-9,11,15-18H,10H2,1-5H3/t11-,15-,16+,17+,18-/m1/s1. The van der Waals surface area contributed by atoms with Gasteiger partial charge in [-0.1, -0.05) is 30.8 Å². The first-order valence-electron chi connectivity index (χ1n) is 8.73. The summed E-state index contributed by atoms with van der Waals surface area (Å²) in [5.41, 5.74) is 0.876. The van der Waals surface area contributed by atoms with Gasteiger partial charge in [-0.05, 0) is 24.6 Å². The number of carbonyl (C=O) groups is 1. The van der Waals surface area contributed by atoms with Crippen molar-refractivity contribution in [2.45, 2.75) is 44.1 Å². The molecule has 0 N–H and O–H groups in total. The molecule has 2 aliphatic rings.